The molecule has 0 unspecified atom stereocenters. The lowest BCUT2D eigenvalue weighted by Crippen LogP contribution is -2.45. The number of hydrogen-bond donors (Lipinski definition) is 1. The molecule has 0 aromatic carbocycles. The van der Waals surface area contributed by atoms with E-state index >= 15 is 0 Å². The van der Waals surface area contributed by atoms with E-state index in [2.05, 4.69) is 32.1 Å². The van der Waals surface area contributed by atoms with Crippen molar-refractivity contribution >= 4 is 11.9 Å². The first-order chi connectivity index (χ1) is 9.60. The van der Waals surface area contributed by atoms with E-state index < -0.39 is 0 Å². The van der Waals surface area contributed by atoms with Gasteiger partial charge < -0.3 is 15.1 Å². The lowest BCUT2D eigenvalue weighted by Gasteiger charge is -2.32. The summed E-state index contributed by atoms with van der Waals surface area (Å²) >= 11 is 0. The van der Waals surface area contributed by atoms with E-state index in [1.54, 1.807) is 6.20 Å². The SMILES string of the molecule is CCC(=O)N[C@H](C)c1ccnc(N2CCN(C)CC2)n1. The fourth-order valence-corrected chi connectivity index (χ4v) is 2.18. The Balaban J connectivity index is 2.05. The summed E-state index contributed by atoms with van der Waals surface area (Å²) < 4.78 is 0. The van der Waals surface area contributed by atoms with Gasteiger partial charge in [0.1, 0.15) is 0 Å². The van der Waals surface area contributed by atoms with Gasteiger partial charge in [-0.1, -0.05) is 6.92 Å². The predicted octanol–water partition coefficient (Wildman–Crippen LogP) is 0.816. The second-order valence-corrected chi connectivity index (χ2v) is 5.21. The van der Waals surface area contributed by atoms with Gasteiger partial charge in [0.25, 0.3) is 0 Å². The highest BCUT2D eigenvalue weighted by molar-refractivity contribution is 5.75. The minimum absolute atomic E-state index is 0.0391. The summed E-state index contributed by atoms with van der Waals surface area (Å²) in [4.78, 5) is 24.9. The number of hydrogen-bond acceptors (Lipinski definition) is 5. The van der Waals surface area contributed by atoms with Crippen molar-refractivity contribution in [2.75, 3.05) is 38.1 Å². The number of rotatable bonds is 4. The first kappa shape index (κ1) is 14.7. The van der Waals surface area contributed by atoms with E-state index in [0.29, 0.717) is 6.42 Å². The van der Waals surface area contributed by atoms with Crippen molar-refractivity contribution in [3.05, 3.63) is 18.0 Å². The van der Waals surface area contributed by atoms with E-state index in [1.165, 1.54) is 0 Å². The highest BCUT2D eigenvalue weighted by atomic mass is 16.1. The molecule has 1 N–H and O–H groups in total. The molecule has 6 heteroatoms. The maximum Gasteiger partial charge on any atom is 0.225 e. The van der Waals surface area contributed by atoms with Crippen LogP contribution in [0, 0.1) is 0 Å². The van der Waals surface area contributed by atoms with Gasteiger partial charge in [-0.3, -0.25) is 4.79 Å². The molecule has 2 rings (SSSR count). The van der Waals surface area contributed by atoms with Crippen molar-refractivity contribution < 1.29 is 4.79 Å². The third kappa shape index (κ3) is 3.66. The standard InChI is InChI=1S/C14H23N5O/c1-4-13(20)16-11(2)12-5-6-15-14(17-12)19-9-7-18(3)8-10-19/h5-6,11H,4,7-10H2,1-3H3,(H,16,20)/t11-/m1/s1. The molecule has 1 saturated heterocycles. The first-order valence-electron chi connectivity index (χ1n) is 7.16. The molecule has 20 heavy (non-hydrogen) atoms. The minimum atomic E-state index is -0.0864. The fourth-order valence-electron chi connectivity index (χ4n) is 2.18. The zero-order valence-corrected chi connectivity index (χ0v) is 12.5. The van der Waals surface area contributed by atoms with Gasteiger partial charge in [0.15, 0.2) is 0 Å². The Kier molecular flexibility index (Phi) is 4.89. The van der Waals surface area contributed by atoms with Gasteiger partial charge in [-0.2, -0.15) is 0 Å². The summed E-state index contributed by atoms with van der Waals surface area (Å²) in [6.07, 6.45) is 2.26. The zero-order chi connectivity index (χ0) is 14.5. The number of nitrogens with zero attached hydrogens (tertiary/aromatic N) is 4. The number of piperazine rings is 1. The molecular formula is C14H23N5O. The van der Waals surface area contributed by atoms with Crippen LogP contribution in [-0.2, 0) is 4.79 Å². The third-order valence-corrected chi connectivity index (χ3v) is 3.59. The molecule has 1 amide bonds. The topological polar surface area (TPSA) is 61.4 Å². The Morgan fingerprint density at radius 3 is 2.75 bits per heavy atom. The molecule has 1 aromatic heterocycles. The number of amides is 1. The molecule has 0 saturated carbocycles. The van der Waals surface area contributed by atoms with E-state index in [-0.39, 0.29) is 11.9 Å². The van der Waals surface area contributed by atoms with Crippen LogP contribution in [0.25, 0.3) is 0 Å². The van der Waals surface area contributed by atoms with Crippen molar-refractivity contribution in [2.24, 2.45) is 0 Å². The monoisotopic (exact) mass is 277 g/mol. The van der Waals surface area contributed by atoms with Crippen LogP contribution in [-0.4, -0.2) is 54.0 Å². The van der Waals surface area contributed by atoms with Gasteiger partial charge in [-0.05, 0) is 20.0 Å². The fraction of sp³-hybridized carbons (Fsp3) is 0.643. The summed E-state index contributed by atoms with van der Waals surface area (Å²) in [5.74, 6) is 0.797. The van der Waals surface area contributed by atoms with Gasteiger partial charge in [-0.25, -0.2) is 9.97 Å². The van der Waals surface area contributed by atoms with Crippen LogP contribution in [0.2, 0.25) is 0 Å². The van der Waals surface area contributed by atoms with Gasteiger partial charge >= 0.3 is 0 Å². The average Bonchev–Trinajstić information content (AvgIpc) is 2.48. The number of nitrogens with one attached hydrogen (secondary N) is 1. The Labute approximate surface area is 120 Å². The molecule has 1 aliphatic heterocycles. The summed E-state index contributed by atoms with van der Waals surface area (Å²) in [6, 6.07) is 1.77. The lowest BCUT2D eigenvalue weighted by atomic mass is 10.2. The van der Waals surface area contributed by atoms with Gasteiger partial charge in [0.05, 0.1) is 11.7 Å². The Morgan fingerprint density at radius 1 is 1.40 bits per heavy atom. The van der Waals surface area contributed by atoms with Gasteiger partial charge in [0.2, 0.25) is 11.9 Å². The molecule has 0 radical (unpaired) electrons. The number of likely N-dealkylation sites (N-methyl/N-ethyl adjacent to an activating group) is 1. The molecule has 1 fully saturated rings. The van der Waals surface area contributed by atoms with Crippen molar-refractivity contribution in [2.45, 2.75) is 26.3 Å². The van der Waals surface area contributed by atoms with Crippen LogP contribution in [0.4, 0.5) is 5.95 Å². The molecular weight excluding hydrogens is 254 g/mol. The van der Waals surface area contributed by atoms with Crippen molar-refractivity contribution in [3.8, 4) is 0 Å². The van der Waals surface area contributed by atoms with Gasteiger partial charge in [0, 0.05) is 38.8 Å². The third-order valence-electron chi connectivity index (χ3n) is 3.59. The zero-order valence-electron chi connectivity index (χ0n) is 12.5. The second kappa shape index (κ2) is 6.65. The maximum atomic E-state index is 11.4. The van der Waals surface area contributed by atoms with Crippen LogP contribution in [0.3, 0.4) is 0 Å². The highest BCUT2D eigenvalue weighted by Crippen LogP contribution is 2.15. The summed E-state index contributed by atoms with van der Waals surface area (Å²) in [5.41, 5.74) is 0.857. The average molecular weight is 277 g/mol. The number of anilines is 1. The summed E-state index contributed by atoms with van der Waals surface area (Å²) in [7, 11) is 2.12. The normalized spacial score (nSPS) is 17.9. The molecule has 0 bridgehead atoms. The molecule has 1 aromatic rings. The molecule has 0 spiro atoms. The summed E-state index contributed by atoms with van der Waals surface area (Å²) in [6.45, 7) is 7.72. The van der Waals surface area contributed by atoms with E-state index in [9.17, 15) is 4.79 Å². The van der Waals surface area contributed by atoms with Crippen LogP contribution in [0.15, 0.2) is 12.3 Å². The highest BCUT2D eigenvalue weighted by Gasteiger charge is 2.18. The number of carbonyl (C=O) groups is 1. The molecule has 6 nitrogen and oxygen atoms in total. The Bertz CT molecular complexity index is 457. The molecule has 110 valence electrons. The Hall–Kier alpha value is -1.69. The van der Waals surface area contributed by atoms with Crippen LogP contribution < -0.4 is 10.2 Å². The van der Waals surface area contributed by atoms with E-state index in [1.807, 2.05) is 19.9 Å². The smallest absolute Gasteiger partial charge is 0.225 e. The first-order valence-corrected chi connectivity index (χ1v) is 7.16. The quantitative estimate of drug-likeness (QED) is 0.882. The predicted molar refractivity (Wildman–Crippen MR) is 78.6 cm³/mol. The number of aromatic nitrogens is 2. The Morgan fingerprint density at radius 2 is 2.10 bits per heavy atom. The molecule has 2 heterocycles. The lowest BCUT2D eigenvalue weighted by molar-refractivity contribution is -0.121. The van der Waals surface area contributed by atoms with E-state index in [4.69, 9.17) is 0 Å². The molecule has 1 atom stereocenters. The number of carbonyl (C=O) groups excluding carboxylic acids is 1. The van der Waals surface area contributed by atoms with Crippen molar-refractivity contribution in [1.29, 1.82) is 0 Å². The van der Waals surface area contributed by atoms with Gasteiger partial charge in [-0.15, -0.1) is 0 Å². The van der Waals surface area contributed by atoms with Crippen molar-refractivity contribution in [3.63, 3.8) is 0 Å². The van der Waals surface area contributed by atoms with Crippen LogP contribution in [0.1, 0.15) is 32.0 Å². The summed E-state index contributed by atoms with van der Waals surface area (Å²) in [5, 5.41) is 2.93. The molecule has 1 aliphatic rings. The van der Waals surface area contributed by atoms with E-state index in [0.717, 1.165) is 37.8 Å². The van der Waals surface area contributed by atoms with Crippen LogP contribution >= 0.6 is 0 Å². The maximum absolute atomic E-state index is 11.4. The molecule has 0 aliphatic carbocycles. The second-order valence-electron chi connectivity index (χ2n) is 5.21. The largest absolute Gasteiger partial charge is 0.348 e. The minimum Gasteiger partial charge on any atom is -0.348 e. The van der Waals surface area contributed by atoms with Crippen LogP contribution in [0.5, 0.6) is 0 Å². The van der Waals surface area contributed by atoms with Crippen molar-refractivity contribution in [1.82, 2.24) is 20.2 Å².